The standard InChI is InChI=1S/C29H28F7IN2O4S/c1-17(40)38-12-10-18(16-38)14-25(41)39-13-11-26(44(42,43)22-6-4-21(37)5-7-22)23-8-3-20(15-19(23)2-9-24(26)39)27(30,28(31,32)33)29(34,35)36/h3-8,15,18,24H,2,9-14,16H2,1H3/t18-,24+,26+/m0/s1. The number of likely N-dealkylation sites (tertiary alicyclic amines) is 2. The van der Waals surface area contributed by atoms with Gasteiger partial charge in [0.1, 0.15) is 4.75 Å². The van der Waals surface area contributed by atoms with Crippen molar-refractivity contribution < 1.29 is 48.7 Å². The first-order valence-corrected chi connectivity index (χ1v) is 16.4. The predicted molar refractivity (Wildman–Crippen MR) is 153 cm³/mol. The highest BCUT2D eigenvalue weighted by Crippen LogP contribution is 2.56. The Morgan fingerprint density at radius 2 is 1.59 bits per heavy atom. The molecule has 0 unspecified atom stereocenters. The molecule has 0 spiro atoms. The number of benzene rings is 2. The average Bonchev–Trinajstić information content (AvgIpc) is 3.57. The summed E-state index contributed by atoms with van der Waals surface area (Å²) in [4.78, 5) is 28.3. The van der Waals surface area contributed by atoms with Crippen LogP contribution in [0.2, 0.25) is 0 Å². The molecule has 2 aromatic rings. The molecule has 15 heteroatoms. The Balaban J connectivity index is 1.60. The molecule has 0 saturated carbocycles. The second-order valence-corrected chi connectivity index (χ2v) is 15.0. The Labute approximate surface area is 263 Å². The van der Waals surface area contributed by atoms with Crippen molar-refractivity contribution in [1.82, 2.24) is 9.80 Å². The molecule has 2 amide bonds. The molecule has 2 saturated heterocycles. The first-order valence-electron chi connectivity index (χ1n) is 13.9. The van der Waals surface area contributed by atoms with Gasteiger partial charge in [0.2, 0.25) is 11.8 Å². The second-order valence-electron chi connectivity index (χ2n) is 11.6. The highest BCUT2D eigenvalue weighted by atomic mass is 127. The van der Waals surface area contributed by atoms with Gasteiger partial charge in [0.05, 0.1) is 10.9 Å². The van der Waals surface area contributed by atoms with Gasteiger partial charge in [0.25, 0.3) is 0 Å². The van der Waals surface area contributed by atoms with Crippen LogP contribution in [-0.4, -0.2) is 68.1 Å². The van der Waals surface area contributed by atoms with E-state index in [-0.39, 0.29) is 66.0 Å². The lowest BCUT2D eigenvalue weighted by Gasteiger charge is -2.43. The Hall–Kier alpha value is -2.43. The van der Waals surface area contributed by atoms with Crippen LogP contribution in [0.1, 0.15) is 49.3 Å². The third kappa shape index (κ3) is 5.09. The van der Waals surface area contributed by atoms with Crippen LogP contribution in [0.4, 0.5) is 30.7 Å². The summed E-state index contributed by atoms with van der Waals surface area (Å²) in [6.07, 6.45) is -12.4. The topological polar surface area (TPSA) is 74.8 Å². The number of hydrogen-bond donors (Lipinski definition) is 0. The van der Waals surface area contributed by atoms with E-state index >= 15 is 4.39 Å². The maximum Gasteiger partial charge on any atom is 0.435 e. The van der Waals surface area contributed by atoms with E-state index in [1.165, 1.54) is 24.0 Å². The minimum atomic E-state index is -6.32. The van der Waals surface area contributed by atoms with Gasteiger partial charge in [-0.15, -0.1) is 0 Å². The Kier molecular flexibility index (Phi) is 8.33. The first-order chi connectivity index (χ1) is 20.3. The Morgan fingerprint density at radius 3 is 2.16 bits per heavy atom. The van der Waals surface area contributed by atoms with E-state index < -0.39 is 44.2 Å². The van der Waals surface area contributed by atoms with Crippen LogP contribution in [-0.2, 0) is 36.3 Å². The van der Waals surface area contributed by atoms with E-state index in [9.17, 15) is 44.3 Å². The molecular formula is C29H28F7IN2O4S. The fourth-order valence-electron chi connectivity index (χ4n) is 7.00. The van der Waals surface area contributed by atoms with Crippen LogP contribution in [0.3, 0.4) is 0 Å². The van der Waals surface area contributed by atoms with Crippen LogP contribution < -0.4 is 0 Å². The lowest BCUT2D eigenvalue weighted by Crippen LogP contribution is -2.53. The molecule has 2 aliphatic heterocycles. The zero-order valence-corrected chi connectivity index (χ0v) is 26.3. The molecule has 44 heavy (non-hydrogen) atoms. The van der Waals surface area contributed by atoms with Crippen molar-refractivity contribution in [2.45, 2.75) is 72.7 Å². The number of carbonyl (C=O) groups is 2. The van der Waals surface area contributed by atoms with Crippen LogP contribution in [0.25, 0.3) is 0 Å². The number of rotatable bonds is 5. The number of sulfone groups is 1. The molecule has 0 bridgehead atoms. The van der Waals surface area contributed by atoms with Crippen LogP contribution in [0.15, 0.2) is 47.4 Å². The molecule has 6 nitrogen and oxygen atoms in total. The summed E-state index contributed by atoms with van der Waals surface area (Å²) in [7, 11) is -4.40. The highest BCUT2D eigenvalue weighted by molar-refractivity contribution is 14.1. The number of hydrogen-bond acceptors (Lipinski definition) is 4. The van der Waals surface area contributed by atoms with E-state index in [4.69, 9.17) is 0 Å². The van der Waals surface area contributed by atoms with Gasteiger partial charge in [0.15, 0.2) is 9.84 Å². The summed E-state index contributed by atoms with van der Waals surface area (Å²) >= 11 is 1.98. The number of halogens is 8. The molecule has 5 rings (SSSR count). The van der Waals surface area contributed by atoms with Gasteiger partial charge >= 0.3 is 18.0 Å². The van der Waals surface area contributed by atoms with Crippen molar-refractivity contribution in [3.63, 3.8) is 0 Å². The third-order valence-corrected chi connectivity index (χ3v) is 12.5. The molecule has 3 atom stereocenters. The van der Waals surface area contributed by atoms with Crippen molar-refractivity contribution in [2.75, 3.05) is 19.6 Å². The minimum Gasteiger partial charge on any atom is -0.343 e. The Morgan fingerprint density at radius 1 is 0.955 bits per heavy atom. The van der Waals surface area contributed by atoms with Crippen molar-refractivity contribution in [3.05, 3.63) is 62.7 Å². The SMILES string of the molecule is CC(=O)N1CC[C@@H](CC(=O)N2CC[C@@]3(S(=O)(=O)c4ccc(I)cc4)c4ccc(C(F)(C(F)(F)F)C(F)(F)F)cc4CC[C@@H]23)C1. The van der Waals surface area contributed by atoms with Gasteiger partial charge < -0.3 is 9.80 Å². The normalized spacial score (nSPS) is 24.3. The molecular weight excluding hydrogens is 732 g/mol. The lowest BCUT2D eigenvalue weighted by molar-refractivity contribution is -0.348. The number of nitrogens with zero attached hydrogens (tertiary/aromatic N) is 2. The molecule has 1 aliphatic carbocycles. The Bertz CT molecular complexity index is 1570. The molecule has 0 aromatic heterocycles. The predicted octanol–water partition coefficient (Wildman–Crippen LogP) is 6.06. The van der Waals surface area contributed by atoms with Gasteiger partial charge in [-0.2, -0.15) is 26.3 Å². The average molecular weight is 761 g/mol. The second kappa shape index (κ2) is 11.1. The summed E-state index contributed by atoms with van der Waals surface area (Å²) in [6, 6.07) is 6.54. The summed E-state index contributed by atoms with van der Waals surface area (Å²) in [5.41, 5.74) is -7.54. The number of fused-ring (bicyclic) bond motifs is 3. The maximum absolute atomic E-state index is 15.0. The third-order valence-electron chi connectivity index (χ3n) is 9.18. The van der Waals surface area contributed by atoms with Crippen LogP contribution in [0, 0.1) is 9.49 Å². The van der Waals surface area contributed by atoms with E-state index in [0.29, 0.717) is 31.6 Å². The quantitative estimate of drug-likeness (QED) is 0.275. The van der Waals surface area contributed by atoms with Crippen molar-refractivity contribution in [3.8, 4) is 0 Å². The number of alkyl halides is 7. The summed E-state index contributed by atoms with van der Waals surface area (Å²) in [5.74, 6) is -0.613. The van der Waals surface area contributed by atoms with Crippen molar-refractivity contribution in [2.24, 2.45) is 5.92 Å². The number of amides is 2. The van der Waals surface area contributed by atoms with Crippen LogP contribution >= 0.6 is 22.6 Å². The smallest absolute Gasteiger partial charge is 0.343 e. The largest absolute Gasteiger partial charge is 0.435 e. The van der Waals surface area contributed by atoms with Gasteiger partial charge in [-0.25, -0.2) is 12.8 Å². The summed E-state index contributed by atoms with van der Waals surface area (Å²) < 4.78 is 124. The minimum absolute atomic E-state index is 0.0183. The number of aryl methyl sites for hydroxylation is 1. The molecule has 2 aromatic carbocycles. The fourth-order valence-corrected chi connectivity index (χ4v) is 9.73. The fraction of sp³-hybridized carbons (Fsp3) is 0.517. The first kappa shape index (κ1) is 32.9. The number of carbonyl (C=O) groups excluding carboxylic acids is 2. The molecule has 0 radical (unpaired) electrons. The van der Waals surface area contributed by atoms with E-state index in [1.54, 1.807) is 17.0 Å². The molecule has 3 aliphatic rings. The highest BCUT2D eigenvalue weighted by Gasteiger charge is 2.74. The molecule has 2 heterocycles. The lowest BCUT2D eigenvalue weighted by atomic mass is 9.76. The summed E-state index contributed by atoms with van der Waals surface area (Å²) in [6.45, 7) is 2.27. The van der Waals surface area contributed by atoms with E-state index in [1.807, 2.05) is 22.6 Å². The monoisotopic (exact) mass is 760 g/mol. The maximum atomic E-state index is 15.0. The zero-order valence-electron chi connectivity index (χ0n) is 23.3. The zero-order chi connectivity index (χ0) is 32.5. The van der Waals surface area contributed by atoms with E-state index in [2.05, 4.69) is 0 Å². The molecule has 2 fully saturated rings. The van der Waals surface area contributed by atoms with Crippen LogP contribution in [0.5, 0.6) is 0 Å². The molecule has 240 valence electrons. The summed E-state index contributed by atoms with van der Waals surface area (Å²) in [5, 5.41) is 0. The van der Waals surface area contributed by atoms with Gasteiger partial charge in [0, 0.05) is 42.1 Å². The van der Waals surface area contributed by atoms with E-state index in [0.717, 1.165) is 9.64 Å². The van der Waals surface area contributed by atoms with Crippen molar-refractivity contribution >= 4 is 44.2 Å². The van der Waals surface area contributed by atoms with Crippen molar-refractivity contribution in [1.29, 1.82) is 0 Å². The van der Waals surface area contributed by atoms with Gasteiger partial charge in [-0.3, -0.25) is 9.59 Å². The van der Waals surface area contributed by atoms with Gasteiger partial charge in [-0.1, -0.05) is 18.2 Å². The molecule has 0 N–H and O–H groups in total. The van der Waals surface area contributed by atoms with Gasteiger partial charge in [-0.05, 0) is 89.6 Å².